The van der Waals surface area contributed by atoms with E-state index in [0.29, 0.717) is 5.02 Å². The molecule has 0 aromatic heterocycles. The van der Waals surface area contributed by atoms with Crippen LogP contribution in [0.15, 0.2) is 66.7 Å². The number of rotatable bonds is 4. The Hall–Kier alpha value is -2.52. The van der Waals surface area contributed by atoms with Crippen molar-refractivity contribution in [3.63, 3.8) is 0 Å². The Morgan fingerprint density at radius 2 is 1.55 bits per heavy atom. The standard InChI is InChI=1S/C18H15ClN2O/c19-15-9-3-4-10-17(15)20-12-18(22)21-16-11-5-7-13-6-1-2-8-14(13)16/h1-11,20H,12H2,(H,21,22). The molecule has 0 aliphatic rings. The molecule has 0 atom stereocenters. The number of carbonyl (C=O) groups excluding carboxylic acids is 1. The lowest BCUT2D eigenvalue weighted by Crippen LogP contribution is -2.21. The molecule has 3 aromatic carbocycles. The minimum absolute atomic E-state index is 0.115. The van der Waals surface area contributed by atoms with Gasteiger partial charge in [0.2, 0.25) is 5.91 Å². The zero-order chi connectivity index (χ0) is 15.4. The maximum Gasteiger partial charge on any atom is 0.243 e. The van der Waals surface area contributed by atoms with Gasteiger partial charge < -0.3 is 10.6 Å². The molecule has 3 aromatic rings. The van der Waals surface area contributed by atoms with Gasteiger partial charge >= 0.3 is 0 Å². The molecular formula is C18H15ClN2O. The van der Waals surface area contributed by atoms with Crippen LogP contribution in [0.5, 0.6) is 0 Å². The minimum Gasteiger partial charge on any atom is -0.375 e. The molecule has 0 aliphatic heterocycles. The molecule has 110 valence electrons. The Morgan fingerprint density at radius 1 is 0.864 bits per heavy atom. The number of hydrogen-bond donors (Lipinski definition) is 2. The van der Waals surface area contributed by atoms with Crippen molar-refractivity contribution >= 4 is 39.7 Å². The summed E-state index contributed by atoms with van der Waals surface area (Å²) in [4.78, 5) is 12.1. The monoisotopic (exact) mass is 310 g/mol. The summed E-state index contributed by atoms with van der Waals surface area (Å²) in [6.07, 6.45) is 0. The van der Waals surface area contributed by atoms with Gasteiger partial charge in [-0.2, -0.15) is 0 Å². The summed E-state index contributed by atoms with van der Waals surface area (Å²) in [7, 11) is 0. The zero-order valence-electron chi connectivity index (χ0n) is 11.8. The molecule has 0 heterocycles. The van der Waals surface area contributed by atoms with E-state index in [2.05, 4.69) is 10.6 Å². The van der Waals surface area contributed by atoms with Gasteiger partial charge in [0.05, 0.1) is 17.3 Å². The third kappa shape index (κ3) is 3.21. The van der Waals surface area contributed by atoms with Gasteiger partial charge in [0, 0.05) is 11.1 Å². The predicted molar refractivity (Wildman–Crippen MR) is 92.5 cm³/mol. The highest BCUT2D eigenvalue weighted by Gasteiger charge is 2.06. The fourth-order valence-electron chi connectivity index (χ4n) is 2.31. The lowest BCUT2D eigenvalue weighted by atomic mass is 10.1. The second kappa shape index (κ2) is 6.50. The van der Waals surface area contributed by atoms with E-state index in [-0.39, 0.29) is 12.5 Å². The van der Waals surface area contributed by atoms with Gasteiger partial charge in [-0.15, -0.1) is 0 Å². The molecule has 0 saturated heterocycles. The number of anilines is 2. The first-order valence-electron chi connectivity index (χ1n) is 7.00. The highest BCUT2D eigenvalue weighted by Crippen LogP contribution is 2.23. The van der Waals surface area contributed by atoms with Gasteiger partial charge in [0.15, 0.2) is 0 Å². The summed E-state index contributed by atoms with van der Waals surface area (Å²) in [5, 5.41) is 8.69. The molecule has 0 unspecified atom stereocenters. The van der Waals surface area contributed by atoms with Crippen molar-refractivity contribution < 1.29 is 4.79 Å². The Kier molecular flexibility index (Phi) is 4.26. The number of para-hydroxylation sites is 1. The van der Waals surface area contributed by atoms with E-state index in [1.165, 1.54) is 0 Å². The van der Waals surface area contributed by atoms with Crippen molar-refractivity contribution in [2.75, 3.05) is 17.2 Å². The number of benzene rings is 3. The molecule has 0 spiro atoms. The van der Waals surface area contributed by atoms with E-state index in [4.69, 9.17) is 11.6 Å². The fraction of sp³-hybridized carbons (Fsp3) is 0.0556. The van der Waals surface area contributed by atoms with Crippen LogP contribution in [0.4, 0.5) is 11.4 Å². The summed E-state index contributed by atoms with van der Waals surface area (Å²) in [5.74, 6) is -0.115. The van der Waals surface area contributed by atoms with Crippen LogP contribution >= 0.6 is 11.6 Å². The molecule has 2 N–H and O–H groups in total. The SMILES string of the molecule is O=C(CNc1ccccc1Cl)Nc1cccc2ccccc12. The fourth-order valence-corrected chi connectivity index (χ4v) is 2.51. The number of amides is 1. The van der Waals surface area contributed by atoms with Crippen molar-refractivity contribution in [1.82, 2.24) is 0 Å². The zero-order valence-corrected chi connectivity index (χ0v) is 12.6. The number of fused-ring (bicyclic) bond motifs is 1. The lowest BCUT2D eigenvalue weighted by molar-refractivity contribution is -0.114. The van der Waals surface area contributed by atoms with Crippen LogP contribution in [-0.2, 0) is 4.79 Å². The van der Waals surface area contributed by atoms with Crippen LogP contribution in [0.25, 0.3) is 10.8 Å². The maximum atomic E-state index is 12.1. The van der Waals surface area contributed by atoms with Crippen LogP contribution < -0.4 is 10.6 Å². The molecule has 3 rings (SSSR count). The average Bonchev–Trinajstić information content (AvgIpc) is 2.54. The van der Waals surface area contributed by atoms with Crippen LogP contribution in [0, 0.1) is 0 Å². The van der Waals surface area contributed by atoms with E-state index in [9.17, 15) is 4.79 Å². The molecule has 0 aliphatic carbocycles. The Balaban J connectivity index is 1.70. The van der Waals surface area contributed by atoms with E-state index >= 15 is 0 Å². The summed E-state index contributed by atoms with van der Waals surface area (Å²) in [6.45, 7) is 0.160. The molecule has 22 heavy (non-hydrogen) atoms. The van der Waals surface area contributed by atoms with Crippen LogP contribution in [0.2, 0.25) is 5.02 Å². The van der Waals surface area contributed by atoms with Gasteiger partial charge in [-0.1, -0.05) is 60.1 Å². The lowest BCUT2D eigenvalue weighted by Gasteiger charge is -2.11. The maximum absolute atomic E-state index is 12.1. The minimum atomic E-state index is -0.115. The molecule has 4 heteroatoms. The predicted octanol–water partition coefficient (Wildman–Crippen LogP) is 4.54. The quantitative estimate of drug-likeness (QED) is 0.742. The molecule has 0 radical (unpaired) electrons. The number of hydrogen-bond acceptors (Lipinski definition) is 2. The van der Waals surface area contributed by atoms with E-state index in [1.807, 2.05) is 60.7 Å². The van der Waals surface area contributed by atoms with Gasteiger partial charge in [0.25, 0.3) is 0 Å². The smallest absolute Gasteiger partial charge is 0.243 e. The largest absolute Gasteiger partial charge is 0.375 e. The van der Waals surface area contributed by atoms with Crippen molar-refractivity contribution in [1.29, 1.82) is 0 Å². The van der Waals surface area contributed by atoms with Crippen LogP contribution in [-0.4, -0.2) is 12.5 Å². The number of halogens is 1. The number of carbonyl (C=O) groups is 1. The first-order chi connectivity index (χ1) is 10.7. The average molecular weight is 311 g/mol. The third-order valence-corrected chi connectivity index (χ3v) is 3.71. The highest BCUT2D eigenvalue weighted by molar-refractivity contribution is 6.33. The third-order valence-electron chi connectivity index (χ3n) is 3.38. The highest BCUT2D eigenvalue weighted by atomic mass is 35.5. The van der Waals surface area contributed by atoms with Crippen LogP contribution in [0.3, 0.4) is 0 Å². The van der Waals surface area contributed by atoms with Gasteiger partial charge in [-0.3, -0.25) is 4.79 Å². The Labute approximate surface area is 133 Å². The van der Waals surface area contributed by atoms with E-state index in [1.54, 1.807) is 6.07 Å². The summed E-state index contributed by atoms with van der Waals surface area (Å²) in [6, 6.07) is 21.1. The molecular weight excluding hydrogens is 296 g/mol. The van der Waals surface area contributed by atoms with Gasteiger partial charge in [-0.05, 0) is 23.6 Å². The first kappa shape index (κ1) is 14.4. The molecule has 1 amide bonds. The Morgan fingerprint density at radius 3 is 2.41 bits per heavy atom. The van der Waals surface area contributed by atoms with E-state index < -0.39 is 0 Å². The van der Waals surface area contributed by atoms with E-state index in [0.717, 1.165) is 22.1 Å². The molecule has 3 nitrogen and oxygen atoms in total. The second-order valence-corrected chi connectivity index (χ2v) is 5.32. The summed E-state index contributed by atoms with van der Waals surface area (Å²) < 4.78 is 0. The molecule has 0 bridgehead atoms. The summed E-state index contributed by atoms with van der Waals surface area (Å²) in [5.41, 5.74) is 1.56. The van der Waals surface area contributed by atoms with Crippen LogP contribution in [0.1, 0.15) is 0 Å². The Bertz CT molecular complexity index is 812. The first-order valence-corrected chi connectivity index (χ1v) is 7.38. The van der Waals surface area contributed by atoms with Crippen molar-refractivity contribution in [2.24, 2.45) is 0 Å². The van der Waals surface area contributed by atoms with Crippen molar-refractivity contribution in [3.8, 4) is 0 Å². The topological polar surface area (TPSA) is 41.1 Å². The van der Waals surface area contributed by atoms with Gasteiger partial charge in [-0.25, -0.2) is 0 Å². The normalized spacial score (nSPS) is 10.4. The summed E-state index contributed by atoms with van der Waals surface area (Å²) >= 11 is 6.05. The molecule has 0 fully saturated rings. The molecule has 0 saturated carbocycles. The number of nitrogens with one attached hydrogen (secondary N) is 2. The van der Waals surface area contributed by atoms with Crippen molar-refractivity contribution in [3.05, 3.63) is 71.8 Å². The van der Waals surface area contributed by atoms with Gasteiger partial charge in [0.1, 0.15) is 0 Å². The van der Waals surface area contributed by atoms with Crippen molar-refractivity contribution in [2.45, 2.75) is 0 Å². The second-order valence-electron chi connectivity index (χ2n) is 4.91.